The molecular formula is C49H47Cl2N3O13. The van der Waals surface area contributed by atoms with Gasteiger partial charge in [-0.1, -0.05) is 145 Å². The molecule has 0 aromatic heterocycles. The molecule has 0 aliphatic carbocycles. The van der Waals surface area contributed by atoms with Gasteiger partial charge in [0.15, 0.2) is 17.3 Å². The van der Waals surface area contributed by atoms with Crippen LogP contribution in [-0.4, -0.2) is 80.9 Å². The van der Waals surface area contributed by atoms with Gasteiger partial charge in [0.1, 0.15) is 38.6 Å². The highest BCUT2D eigenvalue weighted by atomic mass is 35.5. The Bertz CT molecular complexity index is 2480. The average Bonchev–Trinajstić information content (AvgIpc) is 3.68. The van der Waals surface area contributed by atoms with Gasteiger partial charge in [-0.3, -0.25) is 9.59 Å². The number of hydrogen-bond donors (Lipinski definition) is 4. The Kier molecular flexibility index (Phi) is 17.3. The number of alkyl carbamates (subject to hydrolysis) is 1. The first-order valence-corrected chi connectivity index (χ1v) is 21.7. The largest absolute Gasteiger partial charge is 0.486 e. The predicted octanol–water partition coefficient (Wildman–Crippen LogP) is 6.97. The van der Waals surface area contributed by atoms with E-state index < -0.39 is 78.5 Å². The highest BCUT2D eigenvalue weighted by molar-refractivity contribution is 6.37. The minimum atomic E-state index is -2.54. The van der Waals surface area contributed by atoms with Crippen LogP contribution < -0.4 is 15.4 Å². The van der Waals surface area contributed by atoms with Crippen LogP contribution >= 0.6 is 23.2 Å². The van der Waals surface area contributed by atoms with Crippen molar-refractivity contribution in [1.29, 1.82) is 0 Å². The van der Waals surface area contributed by atoms with Crippen molar-refractivity contribution in [1.82, 2.24) is 15.7 Å². The number of carbonyl (C=O) groups excluding carboxylic acids is 5. The summed E-state index contributed by atoms with van der Waals surface area (Å²) in [6.07, 6.45) is -4.71. The standard InChI is InChI=1S/C49H47Cl2N3O13/c1-31(55)67-54-37(22-23-49(54,47(61)65-29-34-18-10-4-11-19-34)43(56)41(45(58)59)53-48(62)66-30-35-20-12-5-13-21-35)26-40(46(60)64-28-33-16-8-3-9-17-33)52-44(57)36-24-38(50)42(39(51)25-36)63-27-32-14-6-2-7-15-32/h2-21,24-25,37,40-41,43,56H,22-23,26-30H2,1H3,(H,52,57)(H,53,62)(H,58,59)/t37-,40+,41+,43+,49-/m1/s1. The Morgan fingerprint density at radius 1 is 0.701 bits per heavy atom. The molecule has 5 atom stereocenters. The van der Waals surface area contributed by atoms with E-state index in [1.54, 1.807) is 91.0 Å². The summed E-state index contributed by atoms with van der Waals surface area (Å²) in [5, 5.41) is 28.2. The van der Waals surface area contributed by atoms with Gasteiger partial charge in [-0.2, -0.15) is 0 Å². The molecule has 67 heavy (non-hydrogen) atoms. The maximum atomic E-state index is 14.6. The lowest BCUT2D eigenvalue weighted by atomic mass is 9.85. The molecule has 0 saturated carbocycles. The quantitative estimate of drug-likeness (QED) is 0.0458. The van der Waals surface area contributed by atoms with Crippen molar-refractivity contribution >= 4 is 59.1 Å². The van der Waals surface area contributed by atoms with Crippen LogP contribution in [0.5, 0.6) is 5.75 Å². The van der Waals surface area contributed by atoms with E-state index in [1.165, 1.54) is 12.1 Å². The first-order valence-electron chi connectivity index (χ1n) is 21.0. The molecule has 0 unspecified atom stereocenters. The number of esters is 2. The van der Waals surface area contributed by atoms with Crippen LogP contribution in [0.25, 0.3) is 0 Å². The smallest absolute Gasteiger partial charge is 0.408 e. The van der Waals surface area contributed by atoms with Crippen LogP contribution in [0.1, 0.15) is 58.8 Å². The fourth-order valence-corrected chi connectivity index (χ4v) is 8.04. The number of aliphatic carboxylic acids is 1. The number of halogens is 2. The van der Waals surface area contributed by atoms with E-state index in [4.69, 9.17) is 47.0 Å². The maximum Gasteiger partial charge on any atom is 0.408 e. The summed E-state index contributed by atoms with van der Waals surface area (Å²) in [6, 6.07) is 32.4. The Morgan fingerprint density at radius 3 is 1.67 bits per heavy atom. The molecule has 16 nitrogen and oxygen atoms in total. The molecule has 5 aromatic rings. The van der Waals surface area contributed by atoms with Gasteiger partial charge >= 0.3 is 30.0 Å². The van der Waals surface area contributed by atoms with E-state index in [0.717, 1.165) is 17.6 Å². The molecule has 1 heterocycles. The third-order valence-electron chi connectivity index (χ3n) is 10.7. The number of carboxylic acids is 1. The van der Waals surface area contributed by atoms with E-state index in [9.17, 15) is 39.0 Å². The molecule has 5 aromatic carbocycles. The summed E-state index contributed by atoms with van der Waals surface area (Å²) in [4.78, 5) is 87.2. The minimum absolute atomic E-state index is 0.00746. The molecular weight excluding hydrogens is 909 g/mol. The number of aliphatic hydroxyl groups excluding tert-OH is 1. The number of nitrogens with zero attached hydrogens (tertiary/aromatic N) is 1. The van der Waals surface area contributed by atoms with Gasteiger partial charge in [-0.25, -0.2) is 19.2 Å². The molecule has 1 saturated heterocycles. The van der Waals surface area contributed by atoms with Crippen molar-refractivity contribution in [3.63, 3.8) is 0 Å². The lowest BCUT2D eigenvalue weighted by Crippen LogP contribution is -2.68. The molecule has 0 bridgehead atoms. The number of carbonyl (C=O) groups is 6. The monoisotopic (exact) mass is 955 g/mol. The molecule has 350 valence electrons. The summed E-state index contributed by atoms with van der Waals surface area (Å²) < 4.78 is 22.5. The van der Waals surface area contributed by atoms with Crippen LogP contribution in [0.15, 0.2) is 133 Å². The summed E-state index contributed by atoms with van der Waals surface area (Å²) in [6.45, 7) is 0.292. The molecule has 1 fully saturated rings. The van der Waals surface area contributed by atoms with Crippen LogP contribution in [-0.2, 0) is 64.7 Å². The maximum absolute atomic E-state index is 14.6. The Labute approximate surface area is 395 Å². The van der Waals surface area contributed by atoms with Gasteiger partial charge < -0.3 is 44.6 Å². The van der Waals surface area contributed by atoms with Crippen molar-refractivity contribution in [2.75, 3.05) is 0 Å². The Hall–Kier alpha value is -6.98. The Morgan fingerprint density at radius 2 is 1.18 bits per heavy atom. The summed E-state index contributed by atoms with van der Waals surface area (Å²) in [5.41, 5.74) is -0.0713. The van der Waals surface area contributed by atoms with Gasteiger partial charge in [-0.05, 0) is 53.6 Å². The molecule has 1 aliphatic heterocycles. The highest BCUT2D eigenvalue weighted by Gasteiger charge is 2.63. The number of amides is 2. The second-order valence-corrected chi connectivity index (χ2v) is 16.3. The van der Waals surface area contributed by atoms with Crippen molar-refractivity contribution in [3.8, 4) is 5.75 Å². The number of hydroxylamine groups is 2. The predicted molar refractivity (Wildman–Crippen MR) is 242 cm³/mol. The number of ether oxygens (including phenoxy) is 4. The summed E-state index contributed by atoms with van der Waals surface area (Å²) in [5.74, 6) is -5.70. The molecule has 0 radical (unpaired) electrons. The van der Waals surface area contributed by atoms with Crippen LogP contribution in [0.2, 0.25) is 10.0 Å². The van der Waals surface area contributed by atoms with E-state index in [-0.39, 0.29) is 54.2 Å². The first kappa shape index (κ1) is 49.5. The topological polar surface area (TPSA) is 216 Å². The first-order chi connectivity index (χ1) is 32.2. The molecule has 2 amide bonds. The van der Waals surface area contributed by atoms with Crippen molar-refractivity contribution in [3.05, 3.63) is 171 Å². The van der Waals surface area contributed by atoms with Crippen LogP contribution in [0, 0.1) is 0 Å². The molecule has 0 spiro atoms. The zero-order chi connectivity index (χ0) is 47.9. The van der Waals surface area contributed by atoms with Gasteiger partial charge in [-0.15, -0.1) is 5.06 Å². The van der Waals surface area contributed by atoms with Gasteiger partial charge in [0, 0.05) is 12.5 Å². The molecule has 6 rings (SSSR count). The van der Waals surface area contributed by atoms with Gasteiger partial charge in [0.2, 0.25) is 0 Å². The fourth-order valence-electron chi connectivity index (χ4n) is 7.45. The lowest BCUT2D eigenvalue weighted by molar-refractivity contribution is -0.245. The normalized spacial score (nSPS) is 16.9. The lowest BCUT2D eigenvalue weighted by Gasteiger charge is -2.41. The van der Waals surface area contributed by atoms with Crippen molar-refractivity contribution in [2.24, 2.45) is 0 Å². The van der Waals surface area contributed by atoms with Crippen molar-refractivity contribution in [2.45, 2.75) is 82.4 Å². The second kappa shape index (κ2) is 23.5. The third kappa shape index (κ3) is 13.1. The third-order valence-corrected chi connectivity index (χ3v) is 11.3. The highest BCUT2D eigenvalue weighted by Crippen LogP contribution is 2.42. The number of nitrogens with one attached hydrogen (secondary N) is 2. The van der Waals surface area contributed by atoms with Gasteiger partial charge in [0.05, 0.1) is 16.1 Å². The number of rotatable bonds is 20. The molecule has 4 N–H and O–H groups in total. The van der Waals surface area contributed by atoms with Crippen LogP contribution in [0.3, 0.4) is 0 Å². The summed E-state index contributed by atoms with van der Waals surface area (Å²) >= 11 is 13.1. The molecule has 1 aliphatic rings. The number of benzene rings is 5. The fraction of sp³-hybridized carbons (Fsp3) is 0.265. The zero-order valence-electron chi connectivity index (χ0n) is 36.0. The number of carboxylic acid groups (broad SMARTS) is 1. The average molecular weight is 957 g/mol. The number of aliphatic hydroxyl groups is 1. The van der Waals surface area contributed by atoms with E-state index in [0.29, 0.717) is 16.7 Å². The van der Waals surface area contributed by atoms with E-state index in [1.807, 2.05) is 30.3 Å². The minimum Gasteiger partial charge on any atom is -0.486 e. The van der Waals surface area contributed by atoms with Crippen molar-refractivity contribution < 1.29 is 62.8 Å². The van der Waals surface area contributed by atoms with E-state index in [2.05, 4.69) is 10.6 Å². The van der Waals surface area contributed by atoms with Gasteiger partial charge in [0.25, 0.3) is 5.91 Å². The molecule has 18 heteroatoms. The SMILES string of the molecule is CC(=O)ON1[C@@H](C[C@H](NC(=O)c2cc(Cl)c(OCc3ccccc3)c(Cl)c2)C(=O)OCc2ccccc2)CC[C@]1(C(=O)OCc1ccccc1)[C@@H](O)[C@H](NC(=O)OCc1ccccc1)C(=O)O. The zero-order valence-corrected chi connectivity index (χ0v) is 37.6. The van der Waals surface area contributed by atoms with E-state index >= 15 is 0 Å². The second-order valence-electron chi connectivity index (χ2n) is 15.5. The Balaban J connectivity index is 1.31. The number of hydrogen-bond acceptors (Lipinski definition) is 13. The van der Waals surface area contributed by atoms with Crippen LogP contribution in [0.4, 0.5) is 4.79 Å². The summed E-state index contributed by atoms with van der Waals surface area (Å²) in [7, 11) is 0.